The van der Waals surface area contributed by atoms with Crippen LogP contribution in [0, 0.1) is 19.8 Å². The van der Waals surface area contributed by atoms with Crippen LogP contribution in [0.2, 0.25) is 0 Å². The maximum absolute atomic E-state index is 13.4. The van der Waals surface area contributed by atoms with Gasteiger partial charge in [-0.3, -0.25) is 9.59 Å². The van der Waals surface area contributed by atoms with Gasteiger partial charge in [-0.15, -0.1) is 0 Å². The van der Waals surface area contributed by atoms with E-state index in [-0.39, 0.29) is 29.9 Å². The summed E-state index contributed by atoms with van der Waals surface area (Å²) < 4.78 is 23.3. The zero-order valence-electron chi connectivity index (χ0n) is 34.0. The molecule has 58 heavy (non-hydrogen) atoms. The highest BCUT2D eigenvalue weighted by atomic mass is 16.6. The first-order valence-electron chi connectivity index (χ1n) is 20.1. The minimum atomic E-state index is -2.10. The first-order chi connectivity index (χ1) is 27.5. The molecule has 4 aliphatic heterocycles. The summed E-state index contributed by atoms with van der Waals surface area (Å²) >= 11 is 0. The van der Waals surface area contributed by atoms with Crippen LogP contribution in [0.15, 0.2) is 42.5 Å². The number of nitrogens with one attached hydrogen (secondary N) is 3. The zero-order chi connectivity index (χ0) is 42.2. The largest absolute Gasteiger partial charge is 0.493 e. The summed E-state index contributed by atoms with van der Waals surface area (Å²) in [6, 6.07) is 9.11. The van der Waals surface area contributed by atoms with Crippen LogP contribution in [0.5, 0.6) is 5.75 Å². The fraction of sp³-hybridized carbons (Fsp3) is 0.581. The van der Waals surface area contributed by atoms with Crippen LogP contribution in [-0.2, 0) is 23.8 Å². The fourth-order valence-corrected chi connectivity index (χ4v) is 7.72. The second-order valence-electron chi connectivity index (χ2n) is 16.6. The Morgan fingerprint density at radius 2 is 1.69 bits per heavy atom. The molecule has 0 saturated carbocycles. The van der Waals surface area contributed by atoms with Crippen LogP contribution in [0.25, 0.3) is 6.08 Å². The molecule has 0 spiro atoms. The van der Waals surface area contributed by atoms with E-state index in [1.54, 1.807) is 45.1 Å². The Balaban J connectivity index is 1.49. The highest BCUT2D eigenvalue weighted by Gasteiger charge is 2.54. The number of aryl methyl sites for hydroxylation is 2. The molecule has 15 heteroatoms. The van der Waals surface area contributed by atoms with Crippen LogP contribution in [0.4, 0.5) is 4.79 Å². The van der Waals surface area contributed by atoms with Crippen molar-refractivity contribution >= 4 is 30.0 Å². The number of ether oxygens (including phenoxy) is 4. The topological polar surface area (TPSA) is 222 Å². The van der Waals surface area contributed by atoms with Crippen molar-refractivity contribution in [3.8, 4) is 5.75 Å². The Bertz CT molecular complexity index is 1780. The fourth-order valence-electron chi connectivity index (χ4n) is 7.72. The number of amides is 3. The summed E-state index contributed by atoms with van der Waals surface area (Å²) in [4.78, 5) is 52.6. The summed E-state index contributed by atoms with van der Waals surface area (Å²) in [6.07, 6.45) is -1.68. The van der Waals surface area contributed by atoms with E-state index >= 15 is 0 Å². The molecule has 1 unspecified atom stereocenters. The molecule has 0 radical (unpaired) electrons. The van der Waals surface area contributed by atoms with Crippen molar-refractivity contribution < 1.29 is 58.6 Å². The van der Waals surface area contributed by atoms with Crippen molar-refractivity contribution in [2.24, 2.45) is 5.92 Å². The van der Waals surface area contributed by atoms with Gasteiger partial charge in [-0.2, -0.15) is 0 Å². The molecule has 0 aliphatic carbocycles. The van der Waals surface area contributed by atoms with E-state index < -0.39 is 72.6 Å². The van der Waals surface area contributed by atoms with E-state index in [0.717, 1.165) is 36.0 Å². The van der Waals surface area contributed by atoms with Gasteiger partial charge in [-0.1, -0.05) is 30.4 Å². The Hall–Kier alpha value is -4.54. The molecule has 318 valence electrons. The number of aliphatic carboxylic acids is 1. The number of hydrogen-bond donors (Lipinski definition) is 7. The average molecular weight is 810 g/mol. The Kier molecular flexibility index (Phi) is 15.0. The lowest BCUT2D eigenvalue weighted by Gasteiger charge is -2.47. The molecule has 3 amide bonds. The second kappa shape index (κ2) is 19.5. The van der Waals surface area contributed by atoms with Crippen molar-refractivity contribution in [2.45, 2.75) is 127 Å². The lowest BCUT2D eigenvalue weighted by molar-refractivity contribution is -0.226. The minimum Gasteiger partial charge on any atom is -0.493 e. The third-order valence-electron chi connectivity index (χ3n) is 10.7. The second-order valence-corrected chi connectivity index (χ2v) is 16.6. The number of carbonyl (C=O) groups excluding carboxylic acids is 3. The van der Waals surface area contributed by atoms with Crippen molar-refractivity contribution in [3.63, 3.8) is 0 Å². The number of carbonyl (C=O) groups is 4. The standard InChI is InChI=1S/C43H59N3O12/c1-25-19-30-20-26(2)36(25)56-18-7-6-15-31(45-39(51)29-14-10-17-55-24-29)28-13-8-11-27(21-28)12-9-16-43(40(52)53)22-32(47)34(46-41(54)58-42(3,4)5)37(57-43)35(49)33(48)23-44-38(30)50/h8-9,11-13,19-21,29,31-35,37,47-49H,6-7,10,14-18,22-24H2,1-5H3,(H,44,50)(H,45,51)(H,46,54)(H,52,53)/b12-9+/t29?,31-,32-,33+,34+,35+,37+,43+/m0/s1. The first kappa shape index (κ1) is 44.6. The maximum atomic E-state index is 13.4. The molecule has 6 bridgehead atoms. The smallest absolute Gasteiger partial charge is 0.408 e. The molecule has 7 N–H and O–H groups in total. The van der Waals surface area contributed by atoms with Gasteiger partial charge in [0.05, 0.1) is 43.4 Å². The predicted molar refractivity (Wildman–Crippen MR) is 213 cm³/mol. The molecule has 2 aromatic rings. The van der Waals surface area contributed by atoms with Gasteiger partial charge in [0, 0.05) is 31.6 Å². The monoisotopic (exact) mass is 809 g/mol. The van der Waals surface area contributed by atoms with Crippen molar-refractivity contribution in [1.82, 2.24) is 16.0 Å². The summed E-state index contributed by atoms with van der Waals surface area (Å²) in [5.41, 5.74) is 0.269. The molecular weight excluding hydrogens is 750 g/mol. The summed E-state index contributed by atoms with van der Waals surface area (Å²) in [7, 11) is 0. The van der Waals surface area contributed by atoms with E-state index in [9.17, 15) is 39.6 Å². The Morgan fingerprint density at radius 3 is 2.36 bits per heavy atom. The van der Waals surface area contributed by atoms with Gasteiger partial charge < -0.3 is 55.3 Å². The molecule has 6 rings (SSSR count). The van der Waals surface area contributed by atoms with Gasteiger partial charge in [0.1, 0.15) is 23.6 Å². The van der Waals surface area contributed by atoms with E-state index in [1.165, 1.54) is 0 Å². The molecular formula is C43H59N3O12. The molecule has 2 aromatic carbocycles. The molecule has 4 aliphatic rings. The number of benzene rings is 2. The lowest BCUT2D eigenvalue weighted by atomic mass is 9.81. The number of fused-ring (bicyclic) bond motifs is 12. The van der Waals surface area contributed by atoms with Gasteiger partial charge in [0.25, 0.3) is 5.91 Å². The number of carboxylic acids is 1. The van der Waals surface area contributed by atoms with Crippen LogP contribution in [0.3, 0.4) is 0 Å². The number of aliphatic hydroxyl groups excluding tert-OH is 3. The minimum absolute atomic E-state index is 0.0804. The van der Waals surface area contributed by atoms with Gasteiger partial charge in [0.2, 0.25) is 5.91 Å². The van der Waals surface area contributed by atoms with Crippen molar-refractivity contribution in [1.29, 1.82) is 0 Å². The lowest BCUT2D eigenvalue weighted by Crippen LogP contribution is -2.67. The summed E-state index contributed by atoms with van der Waals surface area (Å²) in [5.74, 6) is -1.67. The van der Waals surface area contributed by atoms with E-state index in [0.29, 0.717) is 44.0 Å². The van der Waals surface area contributed by atoms with Crippen molar-refractivity contribution in [2.75, 3.05) is 26.4 Å². The molecule has 0 aromatic heterocycles. The number of rotatable bonds is 4. The quantitative estimate of drug-likeness (QED) is 0.234. The molecule has 8 atom stereocenters. The Labute approximate surface area is 339 Å². The SMILES string of the molecule is Cc1cc2cc(C)c1OCCCC[C@H](NC(=O)C1CCCOC1)c1cccc(c1)/C=C/C[C@]1(C(=O)O)C[C@H](O)[C@@H](NC(=O)OC(C)(C)C)[C@@H](O1)[C@H](O)[C@H](O)CNC2=O. The number of aliphatic hydroxyl groups is 3. The maximum Gasteiger partial charge on any atom is 0.408 e. The van der Waals surface area contributed by atoms with E-state index in [1.807, 2.05) is 38.1 Å². The van der Waals surface area contributed by atoms with Gasteiger partial charge in [0.15, 0.2) is 5.60 Å². The molecule has 15 nitrogen and oxygen atoms in total. The van der Waals surface area contributed by atoms with Crippen molar-refractivity contribution in [3.05, 3.63) is 70.3 Å². The first-order valence-corrected chi connectivity index (χ1v) is 20.1. The highest BCUT2D eigenvalue weighted by molar-refractivity contribution is 5.95. The van der Waals surface area contributed by atoms with Gasteiger partial charge in [-0.05, 0) is 107 Å². The number of alkyl carbamates (subject to hydrolysis) is 1. The molecule has 2 fully saturated rings. The summed E-state index contributed by atoms with van der Waals surface area (Å²) in [5, 5.41) is 53.1. The predicted octanol–water partition coefficient (Wildman–Crippen LogP) is 3.87. The van der Waals surface area contributed by atoms with E-state index in [2.05, 4.69) is 16.0 Å². The third-order valence-corrected chi connectivity index (χ3v) is 10.7. The van der Waals surface area contributed by atoms with Crippen LogP contribution in [0.1, 0.15) is 104 Å². The number of carboxylic acid groups (broad SMARTS) is 1. The van der Waals surface area contributed by atoms with E-state index in [4.69, 9.17) is 18.9 Å². The van der Waals surface area contributed by atoms with Crippen LogP contribution < -0.4 is 20.7 Å². The normalized spacial score (nSPS) is 29.4. The van der Waals surface area contributed by atoms with Gasteiger partial charge >= 0.3 is 12.1 Å². The van der Waals surface area contributed by atoms with Crippen LogP contribution in [-0.4, -0.2) is 112 Å². The highest BCUT2D eigenvalue weighted by Crippen LogP contribution is 2.36. The third kappa shape index (κ3) is 11.6. The summed E-state index contributed by atoms with van der Waals surface area (Å²) in [6.45, 7) is 9.49. The van der Waals surface area contributed by atoms with Gasteiger partial charge in [-0.25, -0.2) is 9.59 Å². The molecule has 2 saturated heterocycles. The number of hydrogen-bond acceptors (Lipinski definition) is 11. The molecule has 4 heterocycles. The zero-order valence-corrected chi connectivity index (χ0v) is 34.0. The average Bonchev–Trinajstić information content (AvgIpc) is 3.16. The Morgan fingerprint density at radius 1 is 0.948 bits per heavy atom. The van der Waals surface area contributed by atoms with Crippen LogP contribution >= 0.6 is 0 Å².